The normalized spacial score (nSPS) is 24.2. The van der Waals surface area contributed by atoms with Crippen molar-refractivity contribution in [3.05, 3.63) is 53.3 Å². The zero-order chi connectivity index (χ0) is 14.2. The number of hydrogen-bond acceptors (Lipinski definition) is 5. The van der Waals surface area contributed by atoms with Crippen LogP contribution in [0.2, 0.25) is 0 Å². The number of nitrogens with two attached hydrogens (primary N) is 1. The van der Waals surface area contributed by atoms with Crippen LogP contribution in [0.3, 0.4) is 0 Å². The van der Waals surface area contributed by atoms with Crippen LogP contribution in [0.1, 0.15) is 28.0 Å². The van der Waals surface area contributed by atoms with Gasteiger partial charge in [0.15, 0.2) is 11.9 Å². The number of benzene rings is 1. The molecule has 2 unspecified atom stereocenters. The van der Waals surface area contributed by atoms with Crippen molar-refractivity contribution >= 4 is 6.29 Å². The maximum Gasteiger partial charge on any atom is 0.153 e. The van der Waals surface area contributed by atoms with Gasteiger partial charge in [-0.05, 0) is 25.1 Å². The van der Waals surface area contributed by atoms with Gasteiger partial charge in [0.05, 0.1) is 23.5 Å². The van der Waals surface area contributed by atoms with Crippen LogP contribution in [0, 0.1) is 6.92 Å². The van der Waals surface area contributed by atoms with Crippen molar-refractivity contribution in [1.82, 2.24) is 10.2 Å². The monoisotopic (exact) mass is 269 g/mol. The van der Waals surface area contributed by atoms with E-state index in [4.69, 9.17) is 10.5 Å². The Bertz CT molecular complexity index is 659. The van der Waals surface area contributed by atoms with E-state index in [1.807, 2.05) is 19.1 Å². The maximum absolute atomic E-state index is 11.1. The van der Waals surface area contributed by atoms with E-state index in [9.17, 15) is 4.79 Å². The van der Waals surface area contributed by atoms with Gasteiger partial charge in [0.2, 0.25) is 0 Å². The van der Waals surface area contributed by atoms with Crippen LogP contribution in [-0.4, -0.2) is 22.5 Å². The van der Waals surface area contributed by atoms with E-state index < -0.39 is 5.60 Å². The zero-order valence-corrected chi connectivity index (χ0v) is 11.1. The van der Waals surface area contributed by atoms with Gasteiger partial charge in [0.1, 0.15) is 5.75 Å². The largest absolute Gasteiger partial charge is 0.480 e. The smallest absolute Gasteiger partial charge is 0.153 e. The third kappa shape index (κ3) is 2.06. The third-order valence-corrected chi connectivity index (χ3v) is 3.57. The minimum absolute atomic E-state index is 0.106. The van der Waals surface area contributed by atoms with Crippen LogP contribution < -0.4 is 10.5 Å². The number of ether oxygens (including phenoxy) is 1. The van der Waals surface area contributed by atoms with Gasteiger partial charge >= 0.3 is 0 Å². The summed E-state index contributed by atoms with van der Waals surface area (Å²) in [7, 11) is 0. The van der Waals surface area contributed by atoms with Gasteiger partial charge in [-0.2, -0.15) is 10.2 Å². The fourth-order valence-corrected chi connectivity index (χ4v) is 2.35. The van der Waals surface area contributed by atoms with E-state index >= 15 is 0 Å². The topological polar surface area (TPSA) is 78.1 Å². The molecule has 1 aromatic carbocycles. The second-order valence-electron chi connectivity index (χ2n) is 5.04. The van der Waals surface area contributed by atoms with E-state index in [-0.39, 0.29) is 6.04 Å². The average Bonchev–Trinajstić information content (AvgIpc) is 3.11. The molecule has 102 valence electrons. The second-order valence-corrected chi connectivity index (χ2v) is 5.04. The molecule has 0 aliphatic heterocycles. The molecule has 1 saturated carbocycles. The summed E-state index contributed by atoms with van der Waals surface area (Å²) < 4.78 is 6.06. The van der Waals surface area contributed by atoms with Crippen molar-refractivity contribution < 1.29 is 9.53 Å². The molecule has 2 atom stereocenters. The van der Waals surface area contributed by atoms with Crippen molar-refractivity contribution in [2.24, 2.45) is 5.73 Å². The third-order valence-electron chi connectivity index (χ3n) is 3.57. The number of nitrogens with zero attached hydrogens (tertiary/aromatic N) is 2. The summed E-state index contributed by atoms with van der Waals surface area (Å²) in [6.07, 6.45) is 3.15. The molecule has 1 fully saturated rings. The minimum atomic E-state index is -0.597. The zero-order valence-electron chi connectivity index (χ0n) is 11.1. The Labute approximate surface area is 116 Å². The summed E-state index contributed by atoms with van der Waals surface area (Å²) in [6, 6.07) is 8.95. The highest BCUT2D eigenvalue weighted by molar-refractivity contribution is 5.79. The molecule has 0 bridgehead atoms. The predicted molar refractivity (Wildman–Crippen MR) is 73.5 cm³/mol. The Morgan fingerprint density at radius 3 is 2.85 bits per heavy atom. The maximum atomic E-state index is 11.1. The second kappa shape index (κ2) is 4.68. The van der Waals surface area contributed by atoms with Crippen LogP contribution in [-0.2, 0) is 5.60 Å². The van der Waals surface area contributed by atoms with Gasteiger partial charge in [-0.1, -0.05) is 12.1 Å². The highest BCUT2D eigenvalue weighted by Gasteiger charge is 2.57. The van der Waals surface area contributed by atoms with Crippen LogP contribution in [0.4, 0.5) is 0 Å². The molecule has 0 spiro atoms. The number of aromatic nitrogens is 2. The van der Waals surface area contributed by atoms with Crippen molar-refractivity contribution in [1.29, 1.82) is 0 Å². The molecule has 1 aliphatic carbocycles. The molecule has 1 aromatic heterocycles. The quantitative estimate of drug-likeness (QED) is 0.853. The Morgan fingerprint density at radius 2 is 2.20 bits per heavy atom. The number of aldehydes is 1. The van der Waals surface area contributed by atoms with Crippen molar-refractivity contribution in [2.75, 3.05) is 0 Å². The SMILES string of the molecule is Cc1cc(C2(Oc3ccccc3C=O)CC2N)cnn1. The highest BCUT2D eigenvalue weighted by Crippen LogP contribution is 2.48. The summed E-state index contributed by atoms with van der Waals surface area (Å²) in [5, 5.41) is 7.90. The molecule has 2 N–H and O–H groups in total. The van der Waals surface area contributed by atoms with E-state index in [1.165, 1.54) is 0 Å². The molecule has 1 heterocycles. The van der Waals surface area contributed by atoms with Gasteiger partial charge in [0.25, 0.3) is 0 Å². The first-order valence-electron chi connectivity index (χ1n) is 6.44. The van der Waals surface area contributed by atoms with Gasteiger partial charge in [-0.3, -0.25) is 4.79 Å². The average molecular weight is 269 g/mol. The molecule has 0 saturated heterocycles. The summed E-state index contributed by atoms with van der Waals surface area (Å²) in [6.45, 7) is 1.87. The first-order chi connectivity index (χ1) is 9.65. The molecule has 3 rings (SSSR count). The fraction of sp³-hybridized carbons (Fsp3) is 0.267. The van der Waals surface area contributed by atoms with Gasteiger partial charge in [-0.25, -0.2) is 0 Å². The van der Waals surface area contributed by atoms with Crippen molar-refractivity contribution in [2.45, 2.75) is 25.0 Å². The lowest BCUT2D eigenvalue weighted by Gasteiger charge is -2.20. The number of para-hydroxylation sites is 1. The Morgan fingerprint density at radius 1 is 1.45 bits per heavy atom. The number of rotatable bonds is 4. The lowest BCUT2D eigenvalue weighted by molar-refractivity contribution is 0.111. The Kier molecular flexibility index (Phi) is 2.99. The van der Waals surface area contributed by atoms with E-state index in [0.717, 1.165) is 17.5 Å². The Hall–Kier alpha value is -2.27. The molecule has 5 nitrogen and oxygen atoms in total. The van der Waals surface area contributed by atoms with Crippen LogP contribution in [0.5, 0.6) is 5.75 Å². The lowest BCUT2D eigenvalue weighted by Crippen LogP contribution is -2.26. The fourth-order valence-electron chi connectivity index (χ4n) is 2.35. The first-order valence-corrected chi connectivity index (χ1v) is 6.44. The van der Waals surface area contributed by atoms with Crippen molar-refractivity contribution in [3.63, 3.8) is 0 Å². The lowest BCUT2D eigenvalue weighted by atomic mass is 10.1. The highest BCUT2D eigenvalue weighted by atomic mass is 16.5. The molecular weight excluding hydrogens is 254 g/mol. The molecule has 0 amide bonds. The van der Waals surface area contributed by atoms with E-state index in [0.29, 0.717) is 17.7 Å². The van der Waals surface area contributed by atoms with Crippen molar-refractivity contribution in [3.8, 4) is 5.75 Å². The molecule has 2 aromatic rings. The van der Waals surface area contributed by atoms with Gasteiger partial charge in [-0.15, -0.1) is 0 Å². The molecule has 5 heteroatoms. The molecule has 1 aliphatic rings. The Balaban J connectivity index is 1.97. The van der Waals surface area contributed by atoms with Gasteiger partial charge < -0.3 is 10.5 Å². The van der Waals surface area contributed by atoms with Gasteiger partial charge in [0, 0.05) is 12.0 Å². The number of aryl methyl sites for hydroxylation is 1. The van der Waals surface area contributed by atoms with Crippen LogP contribution >= 0.6 is 0 Å². The molecular formula is C15H15N3O2. The molecule has 20 heavy (non-hydrogen) atoms. The molecule has 0 radical (unpaired) electrons. The first kappa shape index (κ1) is 12.7. The van der Waals surface area contributed by atoms with E-state index in [2.05, 4.69) is 10.2 Å². The summed E-state index contributed by atoms with van der Waals surface area (Å²) in [5.74, 6) is 0.546. The summed E-state index contributed by atoms with van der Waals surface area (Å²) >= 11 is 0. The minimum Gasteiger partial charge on any atom is -0.480 e. The summed E-state index contributed by atoms with van der Waals surface area (Å²) in [5.41, 5.74) is 7.70. The summed E-state index contributed by atoms with van der Waals surface area (Å²) in [4.78, 5) is 11.1. The predicted octanol–water partition coefficient (Wildman–Crippen LogP) is 1.60. The standard InChI is InChI=1S/C15H15N3O2/c1-10-6-12(8-17-18-10)15(7-14(15)16)20-13-5-3-2-4-11(13)9-19/h2-6,8-9,14H,7,16H2,1H3. The number of carbonyl (C=O) groups excluding carboxylic acids is 1. The van der Waals surface area contributed by atoms with Crippen LogP contribution in [0.25, 0.3) is 0 Å². The number of carbonyl (C=O) groups is 1. The van der Waals surface area contributed by atoms with Crippen LogP contribution in [0.15, 0.2) is 36.5 Å². The number of hydrogen-bond donors (Lipinski definition) is 1. The van der Waals surface area contributed by atoms with E-state index in [1.54, 1.807) is 24.4 Å².